The van der Waals surface area contributed by atoms with Crippen molar-refractivity contribution >= 4 is 0 Å². The average molecular weight is 278 g/mol. The summed E-state index contributed by atoms with van der Waals surface area (Å²) in [6.45, 7) is 7.33. The molecule has 0 aliphatic heterocycles. The van der Waals surface area contributed by atoms with Crippen LogP contribution in [-0.4, -0.2) is 18.3 Å². The van der Waals surface area contributed by atoms with Crippen LogP contribution in [0.3, 0.4) is 0 Å². The highest BCUT2D eigenvalue weighted by Gasteiger charge is 2.34. The topological polar surface area (TPSA) is 38.7 Å². The molecule has 20 heavy (non-hydrogen) atoms. The van der Waals surface area contributed by atoms with E-state index in [9.17, 15) is 5.11 Å². The van der Waals surface area contributed by atoms with Gasteiger partial charge in [-0.3, -0.25) is 0 Å². The molecule has 0 radical (unpaired) electrons. The monoisotopic (exact) mass is 278 g/mol. The van der Waals surface area contributed by atoms with Gasteiger partial charge in [0.1, 0.15) is 0 Å². The summed E-state index contributed by atoms with van der Waals surface area (Å²) in [5.41, 5.74) is 0.241. The van der Waals surface area contributed by atoms with E-state index in [1.165, 1.54) is 6.42 Å². The summed E-state index contributed by atoms with van der Waals surface area (Å²) in [5, 5.41) is 10.9. The van der Waals surface area contributed by atoms with Gasteiger partial charge in [-0.25, -0.2) is 0 Å². The molecule has 0 saturated heterocycles. The number of benzene rings is 1. The molecule has 0 amide bonds. The molecule has 1 aliphatic rings. The zero-order valence-electron chi connectivity index (χ0n) is 12.8. The van der Waals surface area contributed by atoms with E-state index < -0.39 is 5.60 Å². The fourth-order valence-electron chi connectivity index (χ4n) is 3.13. The van der Waals surface area contributed by atoms with E-state index in [0.29, 0.717) is 19.1 Å². The molecule has 1 aromatic carbocycles. The Morgan fingerprint density at radius 1 is 1.20 bits per heavy atom. The Kier molecular flexibility index (Phi) is 4.92. The van der Waals surface area contributed by atoms with E-state index in [1.807, 2.05) is 32.0 Å². The molecule has 2 atom stereocenters. The smallest absolute Gasteiger partial charge is 0.161 e. The average Bonchev–Trinajstić information content (AvgIpc) is 2.41. The second kappa shape index (κ2) is 6.49. The number of ether oxygens (including phenoxy) is 2. The van der Waals surface area contributed by atoms with E-state index >= 15 is 0 Å². The predicted molar refractivity (Wildman–Crippen MR) is 80.3 cm³/mol. The van der Waals surface area contributed by atoms with E-state index in [-0.39, 0.29) is 0 Å². The van der Waals surface area contributed by atoms with Gasteiger partial charge in [-0.05, 0) is 56.7 Å². The third kappa shape index (κ3) is 3.26. The van der Waals surface area contributed by atoms with Gasteiger partial charge in [0, 0.05) is 0 Å². The quantitative estimate of drug-likeness (QED) is 0.888. The minimum absolute atomic E-state index is 0.566. The van der Waals surface area contributed by atoms with Crippen molar-refractivity contribution in [3.05, 3.63) is 23.8 Å². The molecule has 0 aromatic heterocycles. The van der Waals surface area contributed by atoms with Crippen molar-refractivity contribution in [2.45, 2.75) is 52.1 Å². The summed E-state index contributed by atoms with van der Waals surface area (Å²) in [7, 11) is 0. The van der Waals surface area contributed by atoms with Gasteiger partial charge in [0.2, 0.25) is 0 Å². The van der Waals surface area contributed by atoms with Crippen LogP contribution in [0.1, 0.15) is 52.0 Å². The molecule has 3 heteroatoms. The Hall–Kier alpha value is -1.22. The SMILES string of the molecule is CCOc1ccc(C2(O)CCCC(C)C2)cc1OCC. The molecule has 1 aliphatic carbocycles. The fourth-order valence-corrected chi connectivity index (χ4v) is 3.13. The van der Waals surface area contributed by atoms with Crippen LogP contribution in [0, 0.1) is 5.92 Å². The summed E-state index contributed by atoms with van der Waals surface area (Å²) in [4.78, 5) is 0. The lowest BCUT2D eigenvalue weighted by Gasteiger charge is -2.36. The first-order valence-electron chi connectivity index (χ1n) is 7.71. The van der Waals surface area contributed by atoms with Crippen LogP contribution in [0.4, 0.5) is 0 Å². The molecule has 2 unspecified atom stereocenters. The van der Waals surface area contributed by atoms with Crippen LogP contribution in [-0.2, 0) is 5.60 Å². The molecule has 1 fully saturated rings. The summed E-state index contributed by atoms with van der Waals surface area (Å²) in [6.07, 6.45) is 3.94. The molecule has 112 valence electrons. The van der Waals surface area contributed by atoms with E-state index in [2.05, 4.69) is 6.92 Å². The number of rotatable bonds is 5. The van der Waals surface area contributed by atoms with Crippen LogP contribution in [0.2, 0.25) is 0 Å². The molecular weight excluding hydrogens is 252 g/mol. The van der Waals surface area contributed by atoms with Gasteiger partial charge >= 0.3 is 0 Å². The van der Waals surface area contributed by atoms with Crippen LogP contribution in [0.5, 0.6) is 11.5 Å². The van der Waals surface area contributed by atoms with Gasteiger partial charge < -0.3 is 14.6 Å². The first-order valence-corrected chi connectivity index (χ1v) is 7.71. The Bertz CT molecular complexity index is 444. The molecular formula is C17H26O3. The maximum absolute atomic E-state index is 10.9. The third-order valence-electron chi connectivity index (χ3n) is 4.05. The second-order valence-electron chi connectivity index (χ2n) is 5.76. The van der Waals surface area contributed by atoms with Crippen molar-refractivity contribution in [1.29, 1.82) is 0 Å². The van der Waals surface area contributed by atoms with Crippen molar-refractivity contribution in [3.8, 4) is 11.5 Å². The third-order valence-corrected chi connectivity index (χ3v) is 4.05. The molecule has 0 bridgehead atoms. The summed E-state index contributed by atoms with van der Waals surface area (Å²) in [6, 6.07) is 5.85. The van der Waals surface area contributed by atoms with Crippen molar-refractivity contribution in [1.82, 2.24) is 0 Å². The predicted octanol–water partition coefficient (Wildman–Crippen LogP) is 3.88. The first kappa shape index (κ1) is 15.2. The Morgan fingerprint density at radius 3 is 2.55 bits per heavy atom. The molecule has 1 N–H and O–H groups in total. The van der Waals surface area contributed by atoms with Gasteiger partial charge in [0.15, 0.2) is 11.5 Å². The van der Waals surface area contributed by atoms with Crippen molar-refractivity contribution < 1.29 is 14.6 Å². The number of aliphatic hydroxyl groups is 1. The summed E-state index contributed by atoms with van der Waals surface area (Å²) < 4.78 is 11.2. The Labute approximate surface area is 121 Å². The van der Waals surface area contributed by atoms with Crippen molar-refractivity contribution in [3.63, 3.8) is 0 Å². The molecule has 1 saturated carbocycles. The van der Waals surface area contributed by atoms with E-state index in [0.717, 1.165) is 36.3 Å². The van der Waals surface area contributed by atoms with Gasteiger partial charge in [0.05, 0.1) is 18.8 Å². The second-order valence-corrected chi connectivity index (χ2v) is 5.76. The standard InChI is InChI=1S/C17H26O3/c1-4-19-15-9-8-14(11-16(15)20-5-2)17(18)10-6-7-13(3)12-17/h8-9,11,13,18H,4-7,10,12H2,1-3H3. The minimum atomic E-state index is -0.714. The lowest BCUT2D eigenvalue weighted by atomic mass is 9.75. The van der Waals surface area contributed by atoms with Crippen LogP contribution in [0.15, 0.2) is 18.2 Å². The van der Waals surface area contributed by atoms with Gasteiger partial charge in [-0.2, -0.15) is 0 Å². The lowest BCUT2D eigenvalue weighted by molar-refractivity contribution is -0.0180. The highest BCUT2D eigenvalue weighted by atomic mass is 16.5. The van der Waals surface area contributed by atoms with Crippen LogP contribution in [0.25, 0.3) is 0 Å². The summed E-state index contributed by atoms with van der Waals surface area (Å²) in [5.74, 6) is 2.06. The molecule has 0 heterocycles. The maximum atomic E-state index is 10.9. The largest absolute Gasteiger partial charge is 0.490 e. The van der Waals surface area contributed by atoms with E-state index in [1.54, 1.807) is 0 Å². The van der Waals surface area contributed by atoms with Gasteiger partial charge in [0.25, 0.3) is 0 Å². The summed E-state index contributed by atoms with van der Waals surface area (Å²) >= 11 is 0. The first-order chi connectivity index (χ1) is 9.59. The Morgan fingerprint density at radius 2 is 1.90 bits per heavy atom. The van der Waals surface area contributed by atoms with Crippen molar-refractivity contribution in [2.24, 2.45) is 5.92 Å². The van der Waals surface area contributed by atoms with Gasteiger partial charge in [-0.1, -0.05) is 19.4 Å². The molecule has 1 aromatic rings. The normalized spacial score (nSPS) is 26.3. The fraction of sp³-hybridized carbons (Fsp3) is 0.647. The number of hydrogen-bond donors (Lipinski definition) is 1. The lowest BCUT2D eigenvalue weighted by Crippen LogP contribution is -2.31. The minimum Gasteiger partial charge on any atom is -0.490 e. The Balaban J connectivity index is 2.29. The highest BCUT2D eigenvalue weighted by Crippen LogP contribution is 2.42. The van der Waals surface area contributed by atoms with Crippen LogP contribution < -0.4 is 9.47 Å². The highest BCUT2D eigenvalue weighted by molar-refractivity contribution is 5.44. The molecule has 2 rings (SSSR count). The molecule has 0 spiro atoms. The molecule has 3 nitrogen and oxygen atoms in total. The van der Waals surface area contributed by atoms with E-state index in [4.69, 9.17) is 9.47 Å². The van der Waals surface area contributed by atoms with Crippen molar-refractivity contribution in [2.75, 3.05) is 13.2 Å². The zero-order chi connectivity index (χ0) is 14.6. The number of hydrogen-bond acceptors (Lipinski definition) is 3. The van der Waals surface area contributed by atoms with Gasteiger partial charge in [-0.15, -0.1) is 0 Å². The zero-order valence-corrected chi connectivity index (χ0v) is 12.8. The maximum Gasteiger partial charge on any atom is 0.161 e. The van der Waals surface area contributed by atoms with Crippen LogP contribution >= 0.6 is 0 Å².